The maximum absolute atomic E-state index is 13.1. The van der Waals surface area contributed by atoms with Gasteiger partial charge in [0.05, 0.1) is 19.1 Å². The summed E-state index contributed by atoms with van der Waals surface area (Å²) in [4.78, 5) is 32.1. The van der Waals surface area contributed by atoms with Crippen molar-refractivity contribution in [2.45, 2.75) is 64.0 Å². The lowest BCUT2D eigenvalue weighted by Crippen LogP contribution is -2.53. The van der Waals surface area contributed by atoms with Crippen LogP contribution in [0.1, 0.15) is 68.4 Å². The molecule has 1 aliphatic heterocycles. The SMILES string of the molecule is COc1ccnc2[nH]cc(C3CCN(c4cc(C(=O)NC(C)C(C)(C)N)nc(OCC5CC5)n4)CC3)c12. The Bertz CT molecular complexity index is 1260. The lowest BCUT2D eigenvalue weighted by atomic mass is 9.89. The van der Waals surface area contributed by atoms with Crippen molar-refractivity contribution in [3.63, 3.8) is 0 Å². The molecule has 1 saturated carbocycles. The van der Waals surface area contributed by atoms with E-state index in [1.165, 1.54) is 5.56 Å². The molecule has 1 aliphatic carbocycles. The van der Waals surface area contributed by atoms with E-state index >= 15 is 0 Å². The first-order chi connectivity index (χ1) is 17.7. The summed E-state index contributed by atoms with van der Waals surface area (Å²) in [7, 11) is 1.69. The zero-order valence-corrected chi connectivity index (χ0v) is 22.1. The fourth-order valence-electron chi connectivity index (χ4n) is 4.65. The number of fused-ring (bicyclic) bond motifs is 1. The second kappa shape index (κ2) is 10.2. The number of anilines is 1. The number of ether oxygens (including phenoxy) is 2. The van der Waals surface area contributed by atoms with Crippen molar-refractivity contribution in [1.82, 2.24) is 25.3 Å². The fourth-order valence-corrected chi connectivity index (χ4v) is 4.65. The topological polar surface area (TPSA) is 131 Å². The summed E-state index contributed by atoms with van der Waals surface area (Å²) in [6.07, 6.45) is 8.01. The van der Waals surface area contributed by atoms with Crippen LogP contribution in [0.2, 0.25) is 0 Å². The highest BCUT2D eigenvalue weighted by atomic mass is 16.5. The number of aromatic amines is 1. The number of nitrogens with two attached hydrogens (primary N) is 1. The third-order valence-corrected chi connectivity index (χ3v) is 7.58. The van der Waals surface area contributed by atoms with Crippen LogP contribution in [0.15, 0.2) is 24.5 Å². The van der Waals surface area contributed by atoms with E-state index in [1.807, 2.05) is 26.8 Å². The van der Waals surface area contributed by atoms with E-state index in [1.54, 1.807) is 19.4 Å². The van der Waals surface area contributed by atoms with Gasteiger partial charge in [-0.1, -0.05) is 0 Å². The Morgan fingerprint density at radius 3 is 2.70 bits per heavy atom. The molecule has 10 heteroatoms. The van der Waals surface area contributed by atoms with E-state index in [0.29, 0.717) is 30.0 Å². The molecule has 198 valence electrons. The average molecular weight is 508 g/mol. The smallest absolute Gasteiger partial charge is 0.319 e. The van der Waals surface area contributed by atoms with Crippen LogP contribution in [0.3, 0.4) is 0 Å². The third-order valence-electron chi connectivity index (χ3n) is 7.58. The van der Waals surface area contributed by atoms with Gasteiger partial charge in [-0.15, -0.1) is 0 Å². The summed E-state index contributed by atoms with van der Waals surface area (Å²) in [5, 5.41) is 4.03. The molecule has 4 heterocycles. The molecule has 1 unspecified atom stereocenters. The number of nitrogens with one attached hydrogen (secondary N) is 2. The number of nitrogens with zero attached hydrogens (tertiary/aromatic N) is 4. The molecular weight excluding hydrogens is 470 g/mol. The Morgan fingerprint density at radius 2 is 2.03 bits per heavy atom. The monoisotopic (exact) mass is 507 g/mol. The van der Waals surface area contributed by atoms with Crippen LogP contribution < -0.4 is 25.4 Å². The molecular formula is C27H37N7O3. The first-order valence-corrected chi connectivity index (χ1v) is 13.1. The molecule has 2 fully saturated rings. The van der Waals surface area contributed by atoms with Crippen LogP contribution in [0.25, 0.3) is 11.0 Å². The van der Waals surface area contributed by atoms with Crippen LogP contribution in [0.5, 0.6) is 11.8 Å². The summed E-state index contributed by atoms with van der Waals surface area (Å²) in [6, 6.07) is 3.68. The summed E-state index contributed by atoms with van der Waals surface area (Å²) in [6.45, 7) is 7.84. The number of hydrogen-bond donors (Lipinski definition) is 3. The van der Waals surface area contributed by atoms with Crippen LogP contribution in [0.4, 0.5) is 5.82 Å². The Labute approximate surface area is 217 Å². The molecule has 1 atom stereocenters. The molecule has 0 radical (unpaired) electrons. The first-order valence-electron chi connectivity index (χ1n) is 13.1. The van der Waals surface area contributed by atoms with Gasteiger partial charge in [0.1, 0.15) is 22.9 Å². The maximum Gasteiger partial charge on any atom is 0.319 e. The number of hydrogen-bond acceptors (Lipinski definition) is 8. The van der Waals surface area contributed by atoms with E-state index in [0.717, 1.165) is 55.6 Å². The summed E-state index contributed by atoms with van der Waals surface area (Å²) >= 11 is 0. The van der Waals surface area contributed by atoms with Gasteiger partial charge in [-0.25, -0.2) is 4.98 Å². The lowest BCUT2D eigenvalue weighted by molar-refractivity contribution is 0.0918. The molecule has 0 aromatic carbocycles. The van der Waals surface area contributed by atoms with E-state index in [9.17, 15) is 4.79 Å². The number of methoxy groups -OCH3 is 1. The summed E-state index contributed by atoms with van der Waals surface area (Å²) < 4.78 is 11.5. The predicted octanol–water partition coefficient (Wildman–Crippen LogP) is 3.39. The third kappa shape index (κ3) is 5.64. The van der Waals surface area contributed by atoms with Gasteiger partial charge >= 0.3 is 6.01 Å². The van der Waals surface area contributed by atoms with Crippen LogP contribution in [0, 0.1) is 5.92 Å². The normalized spacial score (nSPS) is 17.6. The quantitative estimate of drug-likeness (QED) is 0.402. The van der Waals surface area contributed by atoms with Crippen LogP contribution >= 0.6 is 0 Å². The van der Waals surface area contributed by atoms with Crippen molar-refractivity contribution in [2.75, 3.05) is 31.7 Å². The molecule has 3 aromatic rings. The van der Waals surface area contributed by atoms with Gasteiger partial charge < -0.3 is 30.4 Å². The van der Waals surface area contributed by atoms with Gasteiger partial charge in [-0.05, 0) is 69.9 Å². The molecule has 0 spiro atoms. The molecule has 5 rings (SSSR count). The molecule has 10 nitrogen and oxygen atoms in total. The summed E-state index contributed by atoms with van der Waals surface area (Å²) in [5.74, 6) is 2.19. The van der Waals surface area contributed by atoms with E-state index < -0.39 is 5.54 Å². The molecule has 37 heavy (non-hydrogen) atoms. The minimum atomic E-state index is -0.556. The van der Waals surface area contributed by atoms with E-state index in [2.05, 4.69) is 36.3 Å². The highest BCUT2D eigenvalue weighted by Crippen LogP contribution is 2.37. The zero-order chi connectivity index (χ0) is 26.2. The molecule has 1 saturated heterocycles. The van der Waals surface area contributed by atoms with E-state index in [-0.39, 0.29) is 18.0 Å². The Kier molecular flexibility index (Phi) is 6.94. The number of H-pyrrole nitrogens is 1. The number of piperidine rings is 1. The second-order valence-electron chi connectivity index (χ2n) is 10.9. The number of pyridine rings is 1. The van der Waals surface area contributed by atoms with Gasteiger partial charge in [-0.3, -0.25) is 4.79 Å². The number of carbonyl (C=O) groups excluding carboxylic acids is 1. The minimum Gasteiger partial charge on any atom is -0.496 e. The standard InChI is InChI=1S/C27H37N7O3/c1-16(27(2,3)28)31-25(35)20-13-22(33-26(32-20)37-15-17-5-6-17)34-11-8-18(9-12-34)19-14-30-24-23(19)21(36-4)7-10-29-24/h7,10,13-14,16-18H,5-6,8-9,11-12,15,28H2,1-4H3,(H,29,30)(H,31,35). The predicted molar refractivity (Wildman–Crippen MR) is 142 cm³/mol. The maximum atomic E-state index is 13.1. The van der Waals surface area contributed by atoms with Crippen molar-refractivity contribution in [2.24, 2.45) is 11.7 Å². The number of aromatic nitrogens is 4. The second-order valence-corrected chi connectivity index (χ2v) is 10.9. The zero-order valence-electron chi connectivity index (χ0n) is 22.1. The molecule has 2 aliphatic rings. The van der Waals surface area contributed by atoms with Crippen molar-refractivity contribution < 1.29 is 14.3 Å². The van der Waals surface area contributed by atoms with E-state index in [4.69, 9.17) is 15.2 Å². The molecule has 0 bridgehead atoms. The van der Waals surface area contributed by atoms with Crippen molar-refractivity contribution in [3.05, 3.63) is 35.8 Å². The van der Waals surface area contributed by atoms with Crippen LogP contribution in [-0.2, 0) is 0 Å². The largest absolute Gasteiger partial charge is 0.496 e. The number of carbonyl (C=O) groups is 1. The number of rotatable bonds is 9. The van der Waals surface area contributed by atoms with Gasteiger partial charge in [0.2, 0.25) is 0 Å². The molecule has 3 aromatic heterocycles. The fraction of sp³-hybridized carbons (Fsp3) is 0.556. The van der Waals surface area contributed by atoms with Gasteiger partial charge in [0.25, 0.3) is 5.91 Å². The van der Waals surface area contributed by atoms with Crippen molar-refractivity contribution in [1.29, 1.82) is 0 Å². The highest BCUT2D eigenvalue weighted by molar-refractivity contribution is 5.93. The van der Waals surface area contributed by atoms with Gasteiger partial charge in [-0.2, -0.15) is 9.97 Å². The Balaban J connectivity index is 1.34. The lowest BCUT2D eigenvalue weighted by Gasteiger charge is -2.33. The van der Waals surface area contributed by atoms with Crippen molar-refractivity contribution >= 4 is 22.8 Å². The average Bonchev–Trinajstić information content (AvgIpc) is 3.62. The molecule has 1 amide bonds. The van der Waals surface area contributed by atoms with Gasteiger partial charge in [0.15, 0.2) is 0 Å². The molecule has 4 N–H and O–H groups in total. The minimum absolute atomic E-state index is 0.229. The van der Waals surface area contributed by atoms with Gasteiger partial charge in [0, 0.05) is 43.1 Å². The van der Waals surface area contributed by atoms with Crippen molar-refractivity contribution in [3.8, 4) is 11.8 Å². The number of amides is 1. The summed E-state index contributed by atoms with van der Waals surface area (Å²) in [5.41, 5.74) is 7.99. The Hall–Kier alpha value is -3.40. The first kappa shape index (κ1) is 25.3. The highest BCUT2D eigenvalue weighted by Gasteiger charge is 2.28. The van der Waals surface area contributed by atoms with Crippen LogP contribution in [-0.4, -0.2) is 64.2 Å². The Morgan fingerprint density at radius 1 is 1.27 bits per heavy atom.